The summed E-state index contributed by atoms with van der Waals surface area (Å²) in [6, 6.07) is 8.39. The first kappa shape index (κ1) is 12.5. The quantitative estimate of drug-likeness (QED) is 0.760. The summed E-state index contributed by atoms with van der Waals surface area (Å²) in [5.41, 5.74) is 0.883. The lowest BCUT2D eigenvalue weighted by molar-refractivity contribution is 0.302. The second-order valence-corrected chi connectivity index (χ2v) is 4.93. The summed E-state index contributed by atoms with van der Waals surface area (Å²) in [6.07, 6.45) is 1.67. The van der Waals surface area contributed by atoms with E-state index in [9.17, 15) is 4.39 Å². The smallest absolute Gasteiger partial charge is 0.152 e. The van der Waals surface area contributed by atoms with E-state index in [-0.39, 0.29) is 5.82 Å². The average molecular weight is 361 g/mol. The number of aromatic nitrogens is 1. The zero-order valence-electron chi connectivity index (χ0n) is 8.66. The van der Waals surface area contributed by atoms with Crippen LogP contribution in [-0.4, -0.2) is 4.98 Å². The van der Waals surface area contributed by atoms with Crippen molar-refractivity contribution in [3.63, 3.8) is 0 Å². The number of hydrogen-bond donors (Lipinski definition) is 0. The second-order valence-electron chi connectivity index (χ2n) is 3.33. The second kappa shape index (κ2) is 5.60. The monoisotopic (exact) mass is 359 g/mol. The van der Waals surface area contributed by atoms with Gasteiger partial charge in [-0.25, -0.2) is 9.37 Å². The SMILES string of the molecule is Fc1ccc(COc2cccnc2Br)cc1Br. The van der Waals surface area contributed by atoms with Crippen LogP contribution in [0.1, 0.15) is 5.56 Å². The molecule has 2 nitrogen and oxygen atoms in total. The number of hydrogen-bond acceptors (Lipinski definition) is 2. The van der Waals surface area contributed by atoms with Crippen LogP contribution in [0.25, 0.3) is 0 Å². The molecule has 2 rings (SSSR count). The standard InChI is InChI=1S/C12H8Br2FNO/c13-9-6-8(3-4-10(9)15)7-17-11-2-1-5-16-12(11)14/h1-6H,7H2. The molecule has 0 aliphatic heterocycles. The van der Waals surface area contributed by atoms with Gasteiger partial charge in [0.2, 0.25) is 0 Å². The molecule has 2 aromatic rings. The van der Waals surface area contributed by atoms with Gasteiger partial charge in [-0.15, -0.1) is 0 Å². The number of halogens is 3. The topological polar surface area (TPSA) is 22.1 Å². The molecule has 0 unspecified atom stereocenters. The zero-order chi connectivity index (χ0) is 12.3. The van der Waals surface area contributed by atoms with Crippen LogP contribution < -0.4 is 4.74 Å². The van der Waals surface area contributed by atoms with Crippen LogP contribution in [0.5, 0.6) is 5.75 Å². The van der Waals surface area contributed by atoms with Gasteiger partial charge in [-0.3, -0.25) is 0 Å². The Labute approximate surface area is 115 Å². The molecule has 1 aromatic carbocycles. The van der Waals surface area contributed by atoms with Crippen LogP contribution in [0.15, 0.2) is 45.6 Å². The molecule has 1 aromatic heterocycles. The molecule has 0 N–H and O–H groups in total. The highest BCUT2D eigenvalue weighted by Gasteiger charge is 2.03. The molecule has 0 amide bonds. The fraction of sp³-hybridized carbons (Fsp3) is 0.0833. The van der Waals surface area contributed by atoms with E-state index in [4.69, 9.17) is 4.74 Å². The van der Waals surface area contributed by atoms with Crippen LogP contribution >= 0.6 is 31.9 Å². The van der Waals surface area contributed by atoms with Crippen molar-refractivity contribution >= 4 is 31.9 Å². The summed E-state index contributed by atoms with van der Waals surface area (Å²) in [5.74, 6) is 0.379. The third-order valence-corrected chi connectivity index (χ3v) is 3.31. The molecule has 5 heteroatoms. The van der Waals surface area contributed by atoms with E-state index >= 15 is 0 Å². The predicted molar refractivity (Wildman–Crippen MR) is 70.4 cm³/mol. The highest BCUT2D eigenvalue weighted by molar-refractivity contribution is 9.10. The van der Waals surface area contributed by atoms with Gasteiger partial charge in [0.05, 0.1) is 4.47 Å². The van der Waals surface area contributed by atoms with Crippen molar-refractivity contribution in [3.05, 3.63) is 57.0 Å². The lowest BCUT2D eigenvalue weighted by Gasteiger charge is -2.07. The highest BCUT2D eigenvalue weighted by atomic mass is 79.9. The van der Waals surface area contributed by atoms with E-state index in [2.05, 4.69) is 36.8 Å². The van der Waals surface area contributed by atoms with Gasteiger partial charge in [0.15, 0.2) is 5.75 Å². The van der Waals surface area contributed by atoms with E-state index in [1.165, 1.54) is 6.07 Å². The Morgan fingerprint density at radius 1 is 1.24 bits per heavy atom. The number of rotatable bonds is 3. The summed E-state index contributed by atoms with van der Waals surface area (Å²) < 4.78 is 19.7. The van der Waals surface area contributed by atoms with Crippen molar-refractivity contribution < 1.29 is 9.13 Å². The van der Waals surface area contributed by atoms with Gasteiger partial charge in [-0.1, -0.05) is 6.07 Å². The Balaban J connectivity index is 2.08. The van der Waals surface area contributed by atoms with Crippen molar-refractivity contribution in [3.8, 4) is 5.75 Å². The predicted octanol–water partition coefficient (Wildman–Crippen LogP) is 4.32. The molecule has 0 aliphatic rings. The van der Waals surface area contributed by atoms with Gasteiger partial charge in [0.1, 0.15) is 17.0 Å². The van der Waals surface area contributed by atoms with Gasteiger partial charge in [0.25, 0.3) is 0 Å². The van der Waals surface area contributed by atoms with Crippen molar-refractivity contribution in [2.45, 2.75) is 6.61 Å². The summed E-state index contributed by atoms with van der Waals surface area (Å²) in [7, 11) is 0. The van der Waals surface area contributed by atoms with Gasteiger partial charge >= 0.3 is 0 Å². The van der Waals surface area contributed by atoms with Crippen molar-refractivity contribution in [1.82, 2.24) is 4.98 Å². The lowest BCUT2D eigenvalue weighted by atomic mass is 10.2. The maximum atomic E-state index is 13.0. The fourth-order valence-electron chi connectivity index (χ4n) is 1.27. The van der Waals surface area contributed by atoms with Crippen LogP contribution in [0, 0.1) is 5.82 Å². The van der Waals surface area contributed by atoms with Gasteiger partial charge in [0, 0.05) is 6.20 Å². The molecule has 0 bridgehead atoms. The molecular formula is C12H8Br2FNO. The molecule has 0 spiro atoms. The lowest BCUT2D eigenvalue weighted by Crippen LogP contribution is -1.97. The third kappa shape index (κ3) is 3.26. The third-order valence-electron chi connectivity index (χ3n) is 2.10. The molecule has 17 heavy (non-hydrogen) atoms. The van der Waals surface area contributed by atoms with E-state index in [1.54, 1.807) is 24.4 Å². The summed E-state index contributed by atoms with van der Waals surface area (Å²) in [6.45, 7) is 0.364. The van der Waals surface area contributed by atoms with Gasteiger partial charge in [-0.2, -0.15) is 0 Å². The first-order valence-electron chi connectivity index (χ1n) is 4.84. The molecule has 0 atom stereocenters. The molecule has 88 valence electrons. The van der Waals surface area contributed by atoms with E-state index in [0.717, 1.165) is 5.56 Å². The maximum absolute atomic E-state index is 13.0. The minimum Gasteiger partial charge on any atom is -0.486 e. The van der Waals surface area contributed by atoms with E-state index in [1.807, 2.05) is 6.07 Å². The van der Waals surface area contributed by atoms with Crippen molar-refractivity contribution in [1.29, 1.82) is 0 Å². The molecule has 0 radical (unpaired) electrons. The molecule has 0 saturated carbocycles. The van der Waals surface area contributed by atoms with Crippen LogP contribution in [0.3, 0.4) is 0 Å². The summed E-state index contributed by atoms with van der Waals surface area (Å²) in [5, 5.41) is 0. The zero-order valence-corrected chi connectivity index (χ0v) is 11.8. The van der Waals surface area contributed by atoms with E-state index in [0.29, 0.717) is 21.4 Å². The number of pyridine rings is 1. The Morgan fingerprint density at radius 2 is 2.06 bits per heavy atom. The Morgan fingerprint density at radius 3 is 2.76 bits per heavy atom. The summed E-state index contributed by atoms with van der Waals surface area (Å²) >= 11 is 6.43. The molecule has 0 fully saturated rings. The fourth-order valence-corrected chi connectivity index (χ4v) is 2.06. The first-order valence-corrected chi connectivity index (χ1v) is 6.42. The number of benzene rings is 1. The van der Waals surface area contributed by atoms with E-state index < -0.39 is 0 Å². The van der Waals surface area contributed by atoms with Crippen LogP contribution in [-0.2, 0) is 6.61 Å². The molecular weight excluding hydrogens is 353 g/mol. The molecule has 0 saturated heterocycles. The average Bonchev–Trinajstić information content (AvgIpc) is 2.32. The van der Waals surface area contributed by atoms with Crippen molar-refractivity contribution in [2.75, 3.05) is 0 Å². The Kier molecular flexibility index (Phi) is 4.12. The summed E-state index contributed by atoms with van der Waals surface area (Å²) in [4.78, 5) is 4.05. The Hall–Kier alpha value is -0.940. The highest BCUT2D eigenvalue weighted by Crippen LogP contribution is 2.23. The van der Waals surface area contributed by atoms with Crippen LogP contribution in [0.2, 0.25) is 0 Å². The number of ether oxygens (including phenoxy) is 1. The van der Waals surface area contributed by atoms with Crippen molar-refractivity contribution in [2.24, 2.45) is 0 Å². The largest absolute Gasteiger partial charge is 0.486 e. The normalized spacial score (nSPS) is 10.3. The number of nitrogens with zero attached hydrogens (tertiary/aromatic N) is 1. The molecule has 1 heterocycles. The molecule has 0 aliphatic carbocycles. The van der Waals surface area contributed by atoms with Crippen LogP contribution in [0.4, 0.5) is 4.39 Å². The first-order chi connectivity index (χ1) is 8.16. The minimum atomic E-state index is -0.281. The Bertz CT molecular complexity index is 534. The maximum Gasteiger partial charge on any atom is 0.152 e. The van der Waals surface area contributed by atoms with Gasteiger partial charge < -0.3 is 4.74 Å². The minimum absolute atomic E-state index is 0.281. The van der Waals surface area contributed by atoms with Gasteiger partial charge in [-0.05, 0) is 61.7 Å².